The van der Waals surface area contributed by atoms with Crippen molar-refractivity contribution in [3.63, 3.8) is 0 Å². The molecule has 7 heteroatoms. The lowest BCUT2D eigenvalue weighted by molar-refractivity contribution is -0.133. The maximum absolute atomic E-state index is 13.7. The summed E-state index contributed by atoms with van der Waals surface area (Å²) in [5, 5.41) is 3.33. The molecule has 0 spiro atoms. The number of hydrogen-bond acceptors (Lipinski definition) is 4. The molecule has 182 valence electrons. The predicted octanol–water partition coefficient (Wildman–Crippen LogP) is 4.41. The first-order valence-electron chi connectivity index (χ1n) is 12.8. The maximum Gasteiger partial charge on any atom is 0.271 e. The Kier molecular flexibility index (Phi) is 7.47. The SMILES string of the molecule is CCCCN(C)CCCN1C(=O)c2cc3occc3n2C[C@@]1(C)C(=O)NC1CCCCCC1. The van der Waals surface area contributed by atoms with Gasteiger partial charge in [0.15, 0.2) is 5.58 Å². The summed E-state index contributed by atoms with van der Waals surface area (Å²) in [4.78, 5) is 31.6. The average Bonchev–Trinajstić information content (AvgIpc) is 3.29. The summed E-state index contributed by atoms with van der Waals surface area (Å²) >= 11 is 0. The standard InChI is InChI=1S/C26H40N4O3/c1-4-5-14-28(3)15-10-16-30-24(31)22-18-23-21(13-17-33-23)29(22)19-26(30,2)25(32)27-20-11-8-6-7-9-12-20/h13,17-18,20H,4-12,14-16,19H2,1-3H3,(H,27,32)/t26-/m0/s1. The molecular formula is C26H40N4O3. The number of furan rings is 1. The molecule has 0 saturated heterocycles. The largest absolute Gasteiger partial charge is 0.463 e. The summed E-state index contributed by atoms with van der Waals surface area (Å²) in [6.07, 6.45) is 11.7. The highest BCUT2D eigenvalue weighted by Gasteiger charge is 2.48. The third-order valence-corrected chi connectivity index (χ3v) is 7.54. The van der Waals surface area contributed by atoms with E-state index in [4.69, 9.17) is 4.42 Å². The molecule has 1 N–H and O–H groups in total. The van der Waals surface area contributed by atoms with Gasteiger partial charge in [0.05, 0.1) is 18.3 Å². The highest BCUT2D eigenvalue weighted by atomic mass is 16.3. The van der Waals surface area contributed by atoms with Crippen LogP contribution in [0.15, 0.2) is 22.8 Å². The van der Waals surface area contributed by atoms with Crippen LogP contribution in [0.4, 0.5) is 0 Å². The smallest absolute Gasteiger partial charge is 0.271 e. The lowest BCUT2D eigenvalue weighted by Crippen LogP contribution is -2.65. The third-order valence-electron chi connectivity index (χ3n) is 7.54. The van der Waals surface area contributed by atoms with Crippen LogP contribution < -0.4 is 5.32 Å². The van der Waals surface area contributed by atoms with Gasteiger partial charge in [-0.05, 0) is 52.7 Å². The zero-order chi connectivity index (χ0) is 23.4. The van der Waals surface area contributed by atoms with Crippen molar-refractivity contribution in [1.82, 2.24) is 19.7 Å². The number of rotatable bonds is 9. The van der Waals surface area contributed by atoms with Crippen LogP contribution in [0.5, 0.6) is 0 Å². The second kappa shape index (κ2) is 10.3. The van der Waals surface area contributed by atoms with Gasteiger partial charge >= 0.3 is 0 Å². The normalized spacial score (nSPS) is 22.1. The molecule has 2 aromatic heterocycles. The number of nitrogens with zero attached hydrogens (tertiary/aromatic N) is 3. The minimum absolute atomic E-state index is 0.0296. The Morgan fingerprint density at radius 1 is 1.21 bits per heavy atom. The number of fused-ring (bicyclic) bond motifs is 3. The molecule has 0 aromatic carbocycles. The summed E-state index contributed by atoms with van der Waals surface area (Å²) < 4.78 is 7.54. The molecule has 1 aliphatic carbocycles. The van der Waals surface area contributed by atoms with E-state index in [1.165, 1.54) is 25.7 Å². The molecule has 2 aliphatic rings. The van der Waals surface area contributed by atoms with E-state index in [1.807, 2.05) is 28.5 Å². The topological polar surface area (TPSA) is 70.7 Å². The van der Waals surface area contributed by atoms with Gasteiger partial charge in [0, 0.05) is 24.7 Å². The predicted molar refractivity (Wildman–Crippen MR) is 130 cm³/mol. The first-order valence-corrected chi connectivity index (χ1v) is 12.8. The fourth-order valence-electron chi connectivity index (χ4n) is 5.43. The van der Waals surface area contributed by atoms with Crippen molar-refractivity contribution < 1.29 is 14.0 Å². The van der Waals surface area contributed by atoms with Crippen molar-refractivity contribution >= 4 is 22.9 Å². The number of hydrogen-bond donors (Lipinski definition) is 1. The number of nitrogens with one attached hydrogen (secondary N) is 1. The molecule has 1 atom stereocenters. The summed E-state index contributed by atoms with van der Waals surface area (Å²) in [6, 6.07) is 3.91. The van der Waals surface area contributed by atoms with E-state index < -0.39 is 5.54 Å². The van der Waals surface area contributed by atoms with Gasteiger partial charge in [-0.25, -0.2) is 0 Å². The van der Waals surface area contributed by atoms with Gasteiger partial charge in [-0.15, -0.1) is 0 Å². The van der Waals surface area contributed by atoms with E-state index in [9.17, 15) is 9.59 Å². The van der Waals surface area contributed by atoms with Gasteiger partial charge < -0.3 is 24.1 Å². The van der Waals surface area contributed by atoms with Crippen molar-refractivity contribution in [2.45, 2.75) is 89.8 Å². The van der Waals surface area contributed by atoms with Crippen molar-refractivity contribution in [2.24, 2.45) is 0 Å². The van der Waals surface area contributed by atoms with Crippen molar-refractivity contribution in [3.05, 3.63) is 24.1 Å². The van der Waals surface area contributed by atoms with E-state index in [1.54, 1.807) is 6.26 Å². The Hall–Kier alpha value is -2.28. The quantitative estimate of drug-likeness (QED) is 0.568. The number of amides is 2. The summed E-state index contributed by atoms with van der Waals surface area (Å²) in [5.41, 5.74) is 1.27. The molecule has 0 radical (unpaired) electrons. The van der Waals surface area contributed by atoms with Crippen LogP contribution in [0.1, 0.15) is 82.1 Å². The molecule has 0 bridgehead atoms. The number of unbranched alkanes of at least 4 members (excludes halogenated alkanes) is 1. The third kappa shape index (κ3) is 4.98. The molecule has 1 fully saturated rings. The minimum atomic E-state index is -0.929. The molecular weight excluding hydrogens is 416 g/mol. The molecule has 1 saturated carbocycles. The number of carbonyl (C=O) groups is 2. The van der Waals surface area contributed by atoms with Crippen molar-refractivity contribution in [2.75, 3.05) is 26.7 Å². The Labute approximate surface area is 197 Å². The van der Waals surface area contributed by atoms with Crippen molar-refractivity contribution in [3.8, 4) is 0 Å². The van der Waals surface area contributed by atoms with Gasteiger partial charge in [-0.1, -0.05) is 39.0 Å². The highest BCUT2D eigenvalue weighted by Crippen LogP contribution is 2.33. The molecule has 33 heavy (non-hydrogen) atoms. The second-order valence-corrected chi connectivity index (χ2v) is 10.2. The van der Waals surface area contributed by atoms with Gasteiger partial charge in [0.25, 0.3) is 5.91 Å². The lowest BCUT2D eigenvalue weighted by atomic mass is 9.93. The van der Waals surface area contributed by atoms with Crippen LogP contribution in [-0.2, 0) is 11.3 Å². The van der Waals surface area contributed by atoms with Crippen LogP contribution in [0.2, 0.25) is 0 Å². The molecule has 7 nitrogen and oxygen atoms in total. The molecule has 4 rings (SSSR count). The van der Waals surface area contributed by atoms with Gasteiger partial charge in [0.1, 0.15) is 11.2 Å². The van der Waals surface area contributed by atoms with E-state index in [0.29, 0.717) is 24.4 Å². The summed E-state index contributed by atoms with van der Waals surface area (Å²) in [6.45, 7) is 7.12. The van der Waals surface area contributed by atoms with Gasteiger partial charge in [-0.3, -0.25) is 9.59 Å². The Balaban J connectivity index is 1.55. The summed E-state index contributed by atoms with van der Waals surface area (Å²) in [7, 11) is 2.13. The lowest BCUT2D eigenvalue weighted by Gasteiger charge is -2.44. The minimum Gasteiger partial charge on any atom is -0.463 e. The van der Waals surface area contributed by atoms with E-state index in [-0.39, 0.29) is 17.9 Å². The Morgan fingerprint density at radius 2 is 1.94 bits per heavy atom. The zero-order valence-electron chi connectivity index (χ0n) is 20.6. The summed E-state index contributed by atoms with van der Waals surface area (Å²) in [5.74, 6) is -0.111. The van der Waals surface area contributed by atoms with E-state index in [2.05, 4.69) is 24.2 Å². The van der Waals surface area contributed by atoms with E-state index >= 15 is 0 Å². The zero-order valence-corrected chi connectivity index (χ0v) is 20.6. The van der Waals surface area contributed by atoms with Gasteiger partial charge in [-0.2, -0.15) is 0 Å². The molecule has 0 unspecified atom stereocenters. The highest BCUT2D eigenvalue weighted by molar-refractivity contribution is 6.02. The Bertz CT molecular complexity index is 956. The van der Waals surface area contributed by atoms with Crippen LogP contribution >= 0.6 is 0 Å². The van der Waals surface area contributed by atoms with Crippen LogP contribution in [0.25, 0.3) is 11.1 Å². The molecule has 1 aliphatic heterocycles. The average molecular weight is 457 g/mol. The fourth-order valence-corrected chi connectivity index (χ4v) is 5.43. The monoisotopic (exact) mass is 456 g/mol. The molecule has 3 heterocycles. The van der Waals surface area contributed by atoms with Crippen LogP contribution in [0, 0.1) is 0 Å². The number of aromatic nitrogens is 1. The first-order chi connectivity index (χ1) is 15.9. The molecule has 2 aromatic rings. The number of carbonyl (C=O) groups excluding carboxylic acids is 2. The van der Waals surface area contributed by atoms with Gasteiger partial charge in [0.2, 0.25) is 5.91 Å². The van der Waals surface area contributed by atoms with E-state index in [0.717, 1.165) is 50.7 Å². The van der Waals surface area contributed by atoms with Crippen LogP contribution in [-0.4, -0.2) is 64.4 Å². The van der Waals surface area contributed by atoms with Crippen molar-refractivity contribution in [1.29, 1.82) is 0 Å². The first kappa shape index (κ1) is 23.9. The second-order valence-electron chi connectivity index (χ2n) is 10.2. The molecule has 2 amide bonds. The fraction of sp³-hybridized carbons (Fsp3) is 0.692. The van der Waals surface area contributed by atoms with Crippen LogP contribution in [0.3, 0.4) is 0 Å². The maximum atomic E-state index is 13.7. The Morgan fingerprint density at radius 3 is 2.67 bits per heavy atom.